The van der Waals surface area contributed by atoms with Crippen LogP contribution in [-0.2, 0) is 24.4 Å². The van der Waals surface area contributed by atoms with Crippen molar-refractivity contribution in [1.29, 1.82) is 0 Å². The number of aromatic nitrogens is 2. The topological polar surface area (TPSA) is 85.2 Å². The van der Waals surface area contributed by atoms with Crippen molar-refractivity contribution in [2.75, 3.05) is 0 Å². The number of ether oxygens (including phenoxy) is 1. The lowest BCUT2D eigenvalue weighted by atomic mass is 9.90. The molecule has 0 atom stereocenters. The number of halogens is 1. The molecule has 0 radical (unpaired) electrons. The van der Waals surface area contributed by atoms with Crippen LogP contribution in [0, 0.1) is 0 Å². The average molecular weight is 533 g/mol. The van der Waals surface area contributed by atoms with Crippen molar-refractivity contribution in [3.63, 3.8) is 0 Å². The summed E-state index contributed by atoms with van der Waals surface area (Å²) in [6, 6.07) is 14.3. The molecule has 2 N–H and O–H groups in total. The lowest BCUT2D eigenvalue weighted by Gasteiger charge is -2.29. The number of nitrogens with one attached hydrogen (secondary N) is 2. The highest BCUT2D eigenvalue weighted by Gasteiger charge is 2.21. The average Bonchev–Trinajstić information content (AvgIpc) is 2.92. The molecule has 2 aliphatic carbocycles. The van der Waals surface area contributed by atoms with E-state index in [1.54, 1.807) is 36.0 Å². The first kappa shape index (κ1) is 26.2. The highest BCUT2D eigenvalue weighted by Crippen LogP contribution is 2.28. The summed E-state index contributed by atoms with van der Waals surface area (Å²) >= 11 is 5.87. The number of carbonyl (C=O) groups is 1. The molecule has 7 nitrogen and oxygen atoms in total. The summed E-state index contributed by atoms with van der Waals surface area (Å²) < 4.78 is 7.45. The normalized spacial score (nSPS) is 18.8. The Kier molecular flexibility index (Phi) is 8.25. The Bertz CT molecular complexity index is 1370. The van der Waals surface area contributed by atoms with Gasteiger partial charge in [-0.05, 0) is 79.5 Å². The molecule has 38 heavy (non-hydrogen) atoms. The summed E-state index contributed by atoms with van der Waals surface area (Å²) in [7, 11) is 0. The minimum Gasteiger partial charge on any atom is -0.487 e. The van der Waals surface area contributed by atoms with E-state index in [0.717, 1.165) is 62.0 Å². The molecule has 0 bridgehead atoms. The van der Waals surface area contributed by atoms with E-state index in [9.17, 15) is 9.59 Å². The largest absolute Gasteiger partial charge is 0.487 e. The maximum atomic E-state index is 12.8. The minimum absolute atomic E-state index is 0.0617. The molecular formula is C30H33ClN4O3. The van der Waals surface area contributed by atoms with Crippen molar-refractivity contribution in [3.8, 4) is 5.75 Å². The van der Waals surface area contributed by atoms with Crippen molar-refractivity contribution in [1.82, 2.24) is 20.2 Å². The third kappa shape index (κ3) is 6.71. The predicted molar refractivity (Wildman–Crippen MR) is 150 cm³/mol. The summed E-state index contributed by atoms with van der Waals surface area (Å²) in [5.41, 5.74) is 5.36. The van der Waals surface area contributed by atoms with E-state index < -0.39 is 0 Å². The molecule has 2 heterocycles. The monoisotopic (exact) mass is 532 g/mol. The number of amides is 1. The molecule has 2 aromatic heterocycles. The predicted octanol–water partition coefficient (Wildman–Crippen LogP) is 4.96. The minimum atomic E-state index is -0.115. The molecule has 198 valence electrons. The smallest absolute Gasteiger partial charge is 0.258 e. The molecule has 5 rings (SSSR count). The fraction of sp³-hybridized carbons (Fsp3) is 0.367. The van der Waals surface area contributed by atoms with Crippen LogP contribution >= 0.6 is 11.6 Å². The Morgan fingerprint density at radius 1 is 1.08 bits per heavy atom. The van der Waals surface area contributed by atoms with Gasteiger partial charge in [-0.2, -0.15) is 0 Å². The van der Waals surface area contributed by atoms with Gasteiger partial charge in [0, 0.05) is 49.7 Å². The van der Waals surface area contributed by atoms with Crippen LogP contribution in [0.3, 0.4) is 0 Å². The summed E-state index contributed by atoms with van der Waals surface area (Å²) in [5, 5.41) is 7.31. The first-order valence-electron chi connectivity index (χ1n) is 13.2. The van der Waals surface area contributed by atoms with Crippen molar-refractivity contribution in [2.45, 2.75) is 70.7 Å². The summed E-state index contributed by atoms with van der Waals surface area (Å²) in [6.07, 6.45) is 11.4. The van der Waals surface area contributed by atoms with Gasteiger partial charge in [-0.25, -0.2) is 0 Å². The standard InChI is InChI=1S/C30H33ClN4O3/c1-20(36)34-26-9-7-25(8-10-26)32-17-21-2-3-23-15-28(11-4-22(23)14-21)35-13-12-29(16-30(35)37)38-19-27-6-5-24(31)18-33-27/h2-3,5-6,12-16,18,25-26,32H,4,7-11,17,19H2,1H3,(H,34,36)/t25-,26+. The van der Waals surface area contributed by atoms with Crippen LogP contribution in [0.15, 0.2) is 59.7 Å². The Labute approximate surface area is 227 Å². The highest BCUT2D eigenvalue weighted by molar-refractivity contribution is 6.30. The van der Waals surface area contributed by atoms with E-state index in [4.69, 9.17) is 16.3 Å². The quantitative estimate of drug-likeness (QED) is 0.428. The number of hydrogen-bond acceptors (Lipinski definition) is 5. The number of aryl methyl sites for hydroxylation is 1. The molecule has 0 spiro atoms. The molecule has 1 fully saturated rings. The van der Waals surface area contributed by atoms with E-state index in [2.05, 4.69) is 39.9 Å². The van der Waals surface area contributed by atoms with Crippen LogP contribution in [0.5, 0.6) is 5.75 Å². The lowest BCUT2D eigenvalue weighted by molar-refractivity contribution is -0.119. The van der Waals surface area contributed by atoms with Gasteiger partial charge >= 0.3 is 0 Å². The van der Waals surface area contributed by atoms with Gasteiger partial charge < -0.3 is 15.4 Å². The van der Waals surface area contributed by atoms with E-state index in [1.165, 1.54) is 17.2 Å². The number of hydrogen-bond donors (Lipinski definition) is 2. The number of fused-ring (bicyclic) bond motifs is 1. The Balaban J connectivity index is 1.17. The molecule has 0 saturated heterocycles. The summed E-state index contributed by atoms with van der Waals surface area (Å²) in [4.78, 5) is 28.3. The molecule has 1 amide bonds. The van der Waals surface area contributed by atoms with Crippen molar-refractivity contribution < 1.29 is 9.53 Å². The first-order chi connectivity index (χ1) is 18.4. The second kappa shape index (κ2) is 12.0. The fourth-order valence-corrected chi connectivity index (χ4v) is 5.37. The zero-order chi connectivity index (χ0) is 26.5. The van der Waals surface area contributed by atoms with E-state index >= 15 is 0 Å². The van der Waals surface area contributed by atoms with Gasteiger partial charge in [0.25, 0.3) is 5.56 Å². The van der Waals surface area contributed by atoms with Crippen LogP contribution in [0.4, 0.5) is 0 Å². The number of allylic oxidation sites excluding steroid dienone is 1. The summed E-state index contributed by atoms with van der Waals surface area (Å²) in [5.74, 6) is 0.576. The maximum absolute atomic E-state index is 12.8. The Morgan fingerprint density at radius 3 is 2.63 bits per heavy atom. The number of benzene rings is 1. The van der Waals surface area contributed by atoms with Crippen LogP contribution in [-0.4, -0.2) is 27.5 Å². The van der Waals surface area contributed by atoms with Gasteiger partial charge in [-0.15, -0.1) is 0 Å². The third-order valence-electron chi connectivity index (χ3n) is 7.29. The molecule has 8 heteroatoms. The van der Waals surface area contributed by atoms with E-state index in [1.807, 2.05) is 6.07 Å². The molecule has 0 aliphatic heterocycles. The molecule has 3 aromatic rings. The van der Waals surface area contributed by atoms with Crippen LogP contribution in [0.1, 0.15) is 61.4 Å². The third-order valence-corrected chi connectivity index (χ3v) is 7.51. The molecule has 0 unspecified atom stereocenters. The number of nitrogens with zero attached hydrogens (tertiary/aromatic N) is 2. The number of carbonyl (C=O) groups excluding carboxylic acids is 1. The molecule has 2 aliphatic rings. The van der Waals surface area contributed by atoms with Gasteiger partial charge in [0.05, 0.1) is 10.7 Å². The van der Waals surface area contributed by atoms with Gasteiger partial charge in [-0.1, -0.05) is 29.8 Å². The molecular weight excluding hydrogens is 500 g/mol. The number of rotatable bonds is 8. The van der Waals surface area contributed by atoms with Gasteiger partial charge in [0.2, 0.25) is 5.91 Å². The lowest BCUT2D eigenvalue weighted by Crippen LogP contribution is -2.41. The summed E-state index contributed by atoms with van der Waals surface area (Å²) in [6.45, 7) is 2.70. The second-order valence-corrected chi connectivity index (χ2v) is 10.6. The van der Waals surface area contributed by atoms with Gasteiger partial charge in [-0.3, -0.25) is 19.1 Å². The first-order valence-corrected chi connectivity index (χ1v) is 13.6. The molecule has 1 saturated carbocycles. The van der Waals surface area contributed by atoms with E-state index in [0.29, 0.717) is 22.9 Å². The maximum Gasteiger partial charge on any atom is 0.258 e. The Hall–Kier alpha value is -3.42. The molecule has 1 aromatic carbocycles. The van der Waals surface area contributed by atoms with Gasteiger partial charge in [0.15, 0.2) is 0 Å². The fourth-order valence-electron chi connectivity index (χ4n) is 5.26. The number of pyridine rings is 2. The van der Waals surface area contributed by atoms with Gasteiger partial charge in [0.1, 0.15) is 12.4 Å². The second-order valence-electron chi connectivity index (χ2n) is 10.1. The SMILES string of the molecule is CC(=O)N[C@H]1CC[C@@H](NCc2ccc3c(c2)CCC(n2ccc(OCc4ccc(Cl)cn4)cc2=O)=C3)CC1. The van der Waals surface area contributed by atoms with Crippen molar-refractivity contribution in [3.05, 3.63) is 92.6 Å². The zero-order valence-corrected chi connectivity index (χ0v) is 22.3. The van der Waals surface area contributed by atoms with Crippen LogP contribution in [0.2, 0.25) is 5.02 Å². The zero-order valence-electron chi connectivity index (χ0n) is 21.6. The van der Waals surface area contributed by atoms with Crippen LogP contribution < -0.4 is 20.9 Å². The van der Waals surface area contributed by atoms with Crippen LogP contribution in [0.25, 0.3) is 11.8 Å². The van der Waals surface area contributed by atoms with E-state index in [-0.39, 0.29) is 18.1 Å². The highest BCUT2D eigenvalue weighted by atomic mass is 35.5. The van der Waals surface area contributed by atoms with Crippen molar-refractivity contribution >= 4 is 29.3 Å². The Morgan fingerprint density at radius 2 is 1.89 bits per heavy atom. The van der Waals surface area contributed by atoms with Crippen molar-refractivity contribution in [2.24, 2.45) is 0 Å².